The van der Waals surface area contributed by atoms with Crippen molar-refractivity contribution in [3.05, 3.63) is 0 Å². The van der Waals surface area contributed by atoms with Crippen LogP contribution in [0.2, 0.25) is 29.2 Å². The van der Waals surface area contributed by atoms with Gasteiger partial charge in [-0.05, 0) is 23.2 Å². The average Bonchev–Trinajstić information content (AvgIpc) is 2.53. The molecule has 24 heavy (non-hydrogen) atoms. The van der Waals surface area contributed by atoms with Gasteiger partial charge in [-0.25, -0.2) is 0 Å². The van der Waals surface area contributed by atoms with Gasteiger partial charge in [0.15, 0.2) is 0 Å². The molecule has 0 bridgehead atoms. The van der Waals surface area contributed by atoms with Gasteiger partial charge in [-0.3, -0.25) is 0 Å². The first-order valence-electron chi connectivity index (χ1n) is 9.71. The van der Waals surface area contributed by atoms with Crippen LogP contribution in [0.5, 0.6) is 0 Å². The Morgan fingerprint density at radius 1 is 0.792 bits per heavy atom. The van der Waals surface area contributed by atoms with Crippen LogP contribution >= 0.6 is 0 Å². The monoisotopic (exact) mass is 374 g/mol. The topological polar surface area (TPSA) is 24.9 Å². The molecular formula is C18H42N2O2Si2. The van der Waals surface area contributed by atoms with Crippen molar-refractivity contribution in [1.29, 1.82) is 0 Å². The molecule has 1 saturated heterocycles. The summed E-state index contributed by atoms with van der Waals surface area (Å²) in [5, 5.41) is 0. The van der Waals surface area contributed by atoms with Gasteiger partial charge in [0.25, 0.3) is 0 Å². The normalized spacial score (nSPS) is 19.0. The minimum Gasteiger partial charge on any atom is -0.398 e. The molecule has 0 saturated carbocycles. The fourth-order valence-electron chi connectivity index (χ4n) is 5.10. The van der Waals surface area contributed by atoms with E-state index in [0.717, 1.165) is 29.2 Å². The minimum absolute atomic E-state index is 0.807. The van der Waals surface area contributed by atoms with E-state index in [4.69, 9.17) is 8.85 Å². The molecule has 0 unspecified atom stereocenters. The molecule has 0 aromatic rings. The first-order chi connectivity index (χ1) is 11.1. The molecular weight excluding hydrogens is 332 g/mol. The molecule has 0 amide bonds. The molecule has 0 N–H and O–H groups in total. The van der Waals surface area contributed by atoms with Crippen molar-refractivity contribution in [2.45, 2.75) is 70.8 Å². The van der Waals surface area contributed by atoms with Gasteiger partial charge < -0.3 is 18.3 Å². The lowest BCUT2D eigenvalue weighted by Gasteiger charge is -2.53. The Hall–Kier alpha value is 0.274. The van der Waals surface area contributed by atoms with Crippen LogP contribution in [0.3, 0.4) is 0 Å². The highest BCUT2D eigenvalue weighted by Crippen LogP contribution is 2.44. The molecule has 0 atom stereocenters. The van der Waals surface area contributed by atoms with E-state index in [1.807, 2.05) is 0 Å². The van der Waals surface area contributed by atoms with Crippen LogP contribution in [0.4, 0.5) is 0 Å². The van der Waals surface area contributed by atoms with Crippen molar-refractivity contribution in [3.8, 4) is 0 Å². The Labute approximate surface area is 153 Å². The van der Waals surface area contributed by atoms with E-state index in [2.05, 4.69) is 57.6 Å². The smallest absolute Gasteiger partial charge is 0.335 e. The van der Waals surface area contributed by atoms with Crippen LogP contribution in [0.15, 0.2) is 0 Å². The molecule has 0 aromatic heterocycles. The van der Waals surface area contributed by atoms with Gasteiger partial charge in [0.2, 0.25) is 0 Å². The van der Waals surface area contributed by atoms with Crippen LogP contribution in [0.25, 0.3) is 0 Å². The lowest BCUT2D eigenvalue weighted by Crippen LogP contribution is -2.65. The zero-order valence-corrected chi connectivity index (χ0v) is 19.7. The zero-order valence-electron chi connectivity index (χ0n) is 17.7. The average molecular weight is 375 g/mol. The molecule has 0 spiro atoms. The Balaban J connectivity index is 2.69. The first-order valence-corrected chi connectivity index (χ1v) is 14.4. The SMILES string of the molecule is CO[Si](C)(CCN1CCN([Si](C(C)C)(C(C)C)C(C)C)CC1)OC. The maximum Gasteiger partial charge on any atom is 0.335 e. The van der Waals surface area contributed by atoms with E-state index < -0.39 is 16.8 Å². The second-order valence-electron chi connectivity index (χ2n) is 8.47. The summed E-state index contributed by atoms with van der Waals surface area (Å²) in [5.41, 5.74) is 2.42. The van der Waals surface area contributed by atoms with Crippen molar-refractivity contribution >= 4 is 16.8 Å². The summed E-state index contributed by atoms with van der Waals surface area (Å²) in [4.78, 5) is 2.61. The molecule has 6 heteroatoms. The second kappa shape index (κ2) is 9.28. The zero-order chi connectivity index (χ0) is 18.5. The molecule has 1 aliphatic heterocycles. The van der Waals surface area contributed by atoms with Gasteiger partial charge in [0.1, 0.15) is 8.24 Å². The van der Waals surface area contributed by atoms with Crippen molar-refractivity contribution in [1.82, 2.24) is 9.47 Å². The van der Waals surface area contributed by atoms with Crippen LogP contribution in [-0.2, 0) is 8.85 Å². The number of nitrogens with zero attached hydrogens (tertiary/aromatic N) is 2. The predicted octanol–water partition coefficient (Wildman–Crippen LogP) is 4.14. The Kier molecular flexibility index (Phi) is 8.63. The Morgan fingerprint density at radius 2 is 1.21 bits per heavy atom. The fraction of sp³-hybridized carbons (Fsp3) is 1.00. The van der Waals surface area contributed by atoms with Gasteiger partial charge >= 0.3 is 8.56 Å². The summed E-state index contributed by atoms with van der Waals surface area (Å²) in [6.45, 7) is 22.9. The first kappa shape index (κ1) is 22.3. The maximum absolute atomic E-state index is 5.63. The van der Waals surface area contributed by atoms with Crippen molar-refractivity contribution in [2.75, 3.05) is 46.9 Å². The van der Waals surface area contributed by atoms with Gasteiger partial charge in [0.05, 0.1) is 0 Å². The second-order valence-corrected chi connectivity index (χ2v) is 17.9. The molecule has 0 aliphatic carbocycles. The molecule has 144 valence electrons. The van der Waals surface area contributed by atoms with E-state index in [-0.39, 0.29) is 0 Å². The number of hydrogen-bond acceptors (Lipinski definition) is 4. The molecule has 0 radical (unpaired) electrons. The predicted molar refractivity (Wildman–Crippen MR) is 110 cm³/mol. The van der Waals surface area contributed by atoms with Gasteiger partial charge in [-0.15, -0.1) is 0 Å². The maximum atomic E-state index is 5.63. The number of piperazine rings is 1. The van der Waals surface area contributed by atoms with Gasteiger partial charge in [0, 0.05) is 53.0 Å². The third-order valence-electron chi connectivity index (χ3n) is 6.44. The van der Waals surface area contributed by atoms with E-state index >= 15 is 0 Å². The quantitative estimate of drug-likeness (QED) is 0.566. The molecule has 1 rings (SSSR count). The molecule has 1 heterocycles. The largest absolute Gasteiger partial charge is 0.398 e. The Bertz CT molecular complexity index is 344. The summed E-state index contributed by atoms with van der Waals surface area (Å²) in [5.74, 6) is 0. The lowest BCUT2D eigenvalue weighted by atomic mass is 10.4. The third-order valence-corrected chi connectivity index (χ3v) is 16.4. The van der Waals surface area contributed by atoms with Crippen molar-refractivity contribution in [3.63, 3.8) is 0 Å². The van der Waals surface area contributed by atoms with Crippen molar-refractivity contribution in [2.24, 2.45) is 0 Å². The van der Waals surface area contributed by atoms with E-state index in [1.165, 1.54) is 26.2 Å². The fourth-order valence-corrected chi connectivity index (χ4v) is 13.6. The van der Waals surface area contributed by atoms with Crippen LogP contribution in [0.1, 0.15) is 41.5 Å². The standard InChI is InChI=1S/C18H42N2O2Si2/c1-16(2)24(17(3)4,18(5)6)20-12-10-19(11-13-20)14-15-23(9,21-7)22-8/h16-18H,10-15H2,1-9H3. The minimum atomic E-state index is -1.94. The van der Waals surface area contributed by atoms with Crippen LogP contribution in [0, 0.1) is 0 Å². The highest BCUT2D eigenvalue weighted by molar-refractivity contribution is 6.81. The summed E-state index contributed by atoms with van der Waals surface area (Å²) in [6.07, 6.45) is 0. The number of rotatable bonds is 9. The summed E-state index contributed by atoms with van der Waals surface area (Å²) in [7, 11) is 0.187. The van der Waals surface area contributed by atoms with E-state index in [9.17, 15) is 0 Å². The molecule has 1 fully saturated rings. The van der Waals surface area contributed by atoms with Gasteiger partial charge in [-0.2, -0.15) is 0 Å². The van der Waals surface area contributed by atoms with E-state index in [1.54, 1.807) is 14.2 Å². The summed E-state index contributed by atoms with van der Waals surface area (Å²) >= 11 is 0. The van der Waals surface area contributed by atoms with Crippen LogP contribution < -0.4 is 0 Å². The molecule has 0 aromatic carbocycles. The molecule has 1 aliphatic rings. The Morgan fingerprint density at radius 3 is 1.54 bits per heavy atom. The highest BCUT2D eigenvalue weighted by atomic mass is 28.4. The van der Waals surface area contributed by atoms with E-state index in [0.29, 0.717) is 0 Å². The lowest BCUT2D eigenvalue weighted by molar-refractivity contribution is 0.175. The van der Waals surface area contributed by atoms with Gasteiger partial charge in [-0.1, -0.05) is 41.5 Å². The third kappa shape index (κ3) is 4.71. The summed E-state index contributed by atoms with van der Waals surface area (Å²) in [6, 6.07) is 1.06. The van der Waals surface area contributed by atoms with Crippen molar-refractivity contribution < 1.29 is 8.85 Å². The summed E-state index contributed by atoms with van der Waals surface area (Å²) < 4.78 is 14.2. The highest BCUT2D eigenvalue weighted by Gasteiger charge is 2.48. The molecule has 4 nitrogen and oxygen atoms in total. The number of hydrogen-bond donors (Lipinski definition) is 0. The van der Waals surface area contributed by atoms with Crippen LogP contribution in [-0.4, -0.2) is 73.2 Å².